The number of ether oxygens (including phenoxy) is 1. The van der Waals surface area contributed by atoms with Crippen LogP contribution in [0.2, 0.25) is 0 Å². The van der Waals surface area contributed by atoms with Crippen molar-refractivity contribution in [3.63, 3.8) is 0 Å². The molecule has 2 rings (SSSR count). The van der Waals surface area contributed by atoms with Crippen molar-refractivity contribution in [1.82, 2.24) is 0 Å². The van der Waals surface area contributed by atoms with Gasteiger partial charge in [0.2, 0.25) is 0 Å². The number of esters is 1. The molecule has 2 nitrogen and oxygen atoms in total. The summed E-state index contributed by atoms with van der Waals surface area (Å²) in [5.41, 5.74) is 1.78. The van der Waals surface area contributed by atoms with Gasteiger partial charge in [0.05, 0.1) is 5.56 Å². The Kier molecular flexibility index (Phi) is 4.29. The molecular formula is C16H15FO2. The fourth-order valence-corrected chi connectivity index (χ4v) is 1.75. The van der Waals surface area contributed by atoms with Crippen LogP contribution in [0.5, 0.6) is 0 Å². The third kappa shape index (κ3) is 3.41. The van der Waals surface area contributed by atoms with Crippen molar-refractivity contribution in [3.05, 3.63) is 71.0 Å². The average Bonchev–Trinajstić information content (AvgIpc) is 2.46. The summed E-state index contributed by atoms with van der Waals surface area (Å²) in [5.74, 6) is -1.17. The standard InChI is InChI=1S/C16H15FO2/c1-2-12-8-9-15(17)14(10-12)16(18)19-11-13-6-4-3-5-7-13/h3-10H,2,11H2,1H3. The molecule has 3 heteroatoms. The maximum Gasteiger partial charge on any atom is 0.341 e. The Morgan fingerprint density at radius 2 is 1.84 bits per heavy atom. The molecule has 0 aromatic heterocycles. The number of benzene rings is 2. The van der Waals surface area contributed by atoms with Gasteiger partial charge < -0.3 is 4.74 Å². The molecule has 19 heavy (non-hydrogen) atoms. The highest BCUT2D eigenvalue weighted by Crippen LogP contribution is 2.13. The van der Waals surface area contributed by atoms with Crippen LogP contribution in [0, 0.1) is 5.82 Å². The quantitative estimate of drug-likeness (QED) is 0.781. The molecular weight excluding hydrogens is 243 g/mol. The van der Waals surface area contributed by atoms with E-state index < -0.39 is 11.8 Å². The van der Waals surface area contributed by atoms with Gasteiger partial charge >= 0.3 is 5.97 Å². The van der Waals surface area contributed by atoms with Gasteiger partial charge in [-0.3, -0.25) is 0 Å². The van der Waals surface area contributed by atoms with Gasteiger partial charge in [0.25, 0.3) is 0 Å². The molecule has 0 atom stereocenters. The summed E-state index contributed by atoms with van der Waals surface area (Å²) < 4.78 is 18.7. The summed E-state index contributed by atoms with van der Waals surface area (Å²) in [6, 6.07) is 13.8. The smallest absolute Gasteiger partial charge is 0.341 e. The maximum atomic E-state index is 13.6. The van der Waals surface area contributed by atoms with Crippen molar-refractivity contribution in [2.45, 2.75) is 20.0 Å². The molecule has 2 aromatic carbocycles. The van der Waals surface area contributed by atoms with Crippen molar-refractivity contribution in [3.8, 4) is 0 Å². The molecule has 0 heterocycles. The van der Waals surface area contributed by atoms with E-state index in [2.05, 4.69) is 0 Å². The number of carbonyl (C=O) groups excluding carboxylic acids is 1. The van der Waals surface area contributed by atoms with E-state index in [1.54, 1.807) is 12.1 Å². The summed E-state index contributed by atoms with van der Waals surface area (Å²) in [5, 5.41) is 0. The van der Waals surface area contributed by atoms with E-state index in [9.17, 15) is 9.18 Å². The molecule has 2 aromatic rings. The minimum atomic E-state index is -0.628. The molecule has 0 aliphatic heterocycles. The van der Waals surface area contributed by atoms with Crippen molar-refractivity contribution in [2.75, 3.05) is 0 Å². The Morgan fingerprint density at radius 1 is 1.11 bits per heavy atom. The molecule has 0 saturated carbocycles. The predicted molar refractivity (Wildman–Crippen MR) is 71.3 cm³/mol. The van der Waals surface area contributed by atoms with Crippen LogP contribution in [0.25, 0.3) is 0 Å². The van der Waals surface area contributed by atoms with Gasteiger partial charge in [-0.15, -0.1) is 0 Å². The number of hydrogen-bond acceptors (Lipinski definition) is 2. The molecule has 98 valence electrons. The van der Waals surface area contributed by atoms with Gasteiger partial charge in [0.15, 0.2) is 0 Å². The average molecular weight is 258 g/mol. The molecule has 0 saturated heterocycles. The summed E-state index contributed by atoms with van der Waals surface area (Å²) in [6.45, 7) is 2.10. The Bertz CT molecular complexity index is 564. The Morgan fingerprint density at radius 3 is 2.53 bits per heavy atom. The van der Waals surface area contributed by atoms with Crippen LogP contribution in [0.1, 0.15) is 28.4 Å². The van der Waals surface area contributed by atoms with Crippen LogP contribution in [0.15, 0.2) is 48.5 Å². The third-order valence-electron chi connectivity index (χ3n) is 2.87. The zero-order valence-corrected chi connectivity index (χ0v) is 10.7. The maximum absolute atomic E-state index is 13.6. The lowest BCUT2D eigenvalue weighted by Gasteiger charge is -2.07. The predicted octanol–water partition coefficient (Wildman–Crippen LogP) is 3.75. The second-order valence-electron chi connectivity index (χ2n) is 4.23. The van der Waals surface area contributed by atoms with E-state index in [1.165, 1.54) is 6.07 Å². The SMILES string of the molecule is CCc1ccc(F)c(C(=O)OCc2ccccc2)c1. The molecule has 0 fully saturated rings. The highest BCUT2D eigenvalue weighted by Gasteiger charge is 2.13. The lowest BCUT2D eigenvalue weighted by atomic mass is 10.1. The summed E-state index contributed by atoms with van der Waals surface area (Å²) in [4.78, 5) is 11.8. The van der Waals surface area contributed by atoms with Crippen molar-refractivity contribution in [1.29, 1.82) is 0 Å². The molecule has 0 bridgehead atoms. The number of carbonyl (C=O) groups is 1. The van der Waals surface area contributed by atoms with E-state index in [1.807, 2.05) is 37.3 Å². The fourth-order valence-electron chi connectivity index (χ4n) is 1.75. The van der Waals surface area contributed by atoms with Crippen LogP contribution >= 0.6 is 0 Å². The van der Waals surface area contributed by atoms with Gasteiger partial charge in [0, 0.05) is 0 Å². The number of halogens is 1. The molecule has 0 aliphatic carbocycles. The Balaban J connectivity index is 2.08. The second-order valence-corrected chi connectivity index (χ2v) is 4.23. The van der Waals surface area contributed by atoms with E-state index >= 15 is 0 Å². The molecule has 0 spiro atoms. The minimum absolute atomic E-state index is 0.00437. The van der Waals surface area contributed by atoms with E-state index in [4.69, 9.17) is 4.74 Å². The normalized spacial score (nSPS) is 10.2. The van der Waals surface area contributed by atoms with Crippen LogP contribution in [0.4, 0.5) is 4.39 Å². The molecule has 0 radical (unpaired) electrons. The molecule has 0 amide bonds. The number of hydrogen-bond donors (Lipinski definition) is 0. The number of aryl methyl sites for hydroxylation is 1. The van der Waals surface area contributed by atoms with Gasteiger partial charge in [-0.1, -0.05) is 43.3 Å². The van der Waals surface area contributed by atoms with E-state index in [-0.39, 0.29) is 12.2 Å². The molecule has 0 aliphatic rings. The summed E-state index contributed by atoms with van der Waals surface area (Å²) in [6.07, 6.45) is 0.749. The summed E-state index contributed by atoms with van der Waals surface area (Å²) >= 11 is 0. The third-order valence-corrected chi connectivity index (χ3v) is 2.87. The van der Waals surface area contributed by atoms with Gasteiger partial charge in [-0.05, 0) is 29.7 Å². The topological polar surface area (TPSA) is 26.3 Å². The van der Waals surface area contributed by atoms with Crippen LogP contribution in [-0.2, 0) is 17.8 Å². The zero-order chi connectivity index (χ0) is 13.7. The van der Waals surface area contributed by atoms with Gasteiger partial charge in [0.1, 0.15) is 12.4 Å². The fraction of sp³-hybridized carbons (Fsp3) is 0.188. The van der Waals surface area contributed by atoms with Crippen LogP contribution in [-0.4, -0.2) is 5.97 Å². The second kappa shape index (κ2) is 6.14. The molecule has 0 N–H and O–H groups in total. The highest BCUT2D eigenvalue weighted by atomic mass is 19.1. The number of rotatable bonds is 4. The lowest BCUT2D eigenvalue weighted by Crippen LogP contribution is -2.08. The van der Waals surface area contributed by atoms with E-state index in [0.717, 1.165) is 17.5 Å². The van der Waals surface area contributed by atoms with Gasteiger partial charge in [-0.2, -0.15) is 0 Å². The summed E-state index contributed by atoms with van der Waals surface area (Å²) in [7, 11) is 0. The minimum Gasteiger partial charge on any atom is -0.457 e. The van der Waals surface area contributed by atoms with E-state index in [0.29, 0.717) is 0 Å². The van der Waals surface area contributed by atoms with Crippen LogP contribution in [0.3, 0.4) is 0 Å². The monoisotopic (exact) mass is 258 g/mol. The van der Waals surface area contributed by atoms with Crippen molar-refractivity contribution >= 4 is 5.97 Å². The largest absolute Gasteiger partial charge is 0.457 e. The first-order chi connectivity index (χ1) is 9.20. The van der Waals surface area contributed by atoms with Crippen molar-refractivity contribution in [2.24, 2.45) is 0 Å². The Hall–Kier alpha value is -2.16. The Labute approximate surface area is 111 Å². The zero-order valence-electron chi connectivity index (χ0n) is 10.7. The van der Waals surface area contributed by atoms with Gasteiger partial charge in [-0.25, -0.2) is 9.18 Å². The van der Waals surface area contributed by atoms with Crippen LogP contribution < -0.4 is 0 Å². The van der Waals surface area contributed by atoms with Crippen molar-refractivity contribution < 1.29 is 13.9 Å². The highest BCUT2D eigenvalue weighted by molar-refractivity contribution is 5.89. The lowest BCUT2D eigenvalue weighted by molar-refractivity contribution is 0.0467. The first-order valence-electron chi connectivity index (χ1n) is 6.20. The molecule has 0 unspecified atom stereocenters. The first-order valence-corrected chi connectivity index (χ1v) is 6.20. The first kappa shape index (κ1) is 13.3.